The van der Waals surface area contributed by atoms with Crippen molar-refractivity contribution in [2.45, 2.75) is 57.1 Å². The molecule has 0 aromatic heterocycles. The molecular formula is C35H35BrN2O10. The Morgan fingerprint density at radius 3 is 1.77 bits per heavy atom. The number of carboxylic acids is 1. The van der Waals surface area contributed by atoms with Crippen molar-refractivity contribution < 1.29 is 48.1 Å². The van der Waals surface area contributed by atoms with Crippen LogP contribution in [0.4, 0.5) is 9.59 Å². The molecule has 3 aromatic carbocycles. The van der Waals surface area contributed by atoms with Crippen molar-refractivity contribution in [2.75, 3.05) is 11.9 Å². The second-order valence-electron chi connectivity index (χ2n) is 11.0. The zero-order chi connectivity index (χ0) is 34.5. The average Bonchev–Trinajstić information content (AvgIpc) is 3.61. The van der Waals surface area contributed by atoms with Gasteiger partial charge in [-0.15, -0.1) is 0 Å². The Hall–Kier alpha value is -5.04. The number of imide groups is 1. The molecule has 1 heterocycles. The number of likely N-dealkylation sites (tertiary alicyclic amines) is 1. The fraction of sp³-hybridized carbons (Fsp3) is 0.314. The lowest BCUT2D eigenvalue weighted by atomic mass is 9.89. The van der Waals surface area contributed by atoms with Crippen LogP contribution in [0.2, 0.25) is 0 Å². The summed E-state index contributed by atoms with van der Waals surface area (Å²) in [5, 5.41) is 10.6. The Morgan fingerprint density at radius 1 is 0.771 bits per heavy atom. The minimum absolute atomic E-state index is 0.0385. The zero-order valence-electron chi connectivity index (χ0n) is 26.0. The Labute approximate surface area is 285 Å². The van der Waals surface area contributed by atoms with Crippen LogP contribution in [0.25, 0.3) is 0 Å². The molecule has 1 saturated heterocycles. The monoisotopic (exact) mass is 722 g/mol. The smallest absolute Gasteiger partial charge is 0.418 e. The first-order valence-electron chi connectivity index (χ1n) is 15.2. The molecule has 1 aliphatic rings. The van der Waals surface area contributed by atoms with Gasteiger partial charge in [0.1, 0.15) is 31.6 Å². The summed E-state index contributed by atoms with van der Waals surface area (Å²) in [6, 6.07) is 24.3. The highest BCUT2D eigenvalue weighted by atomic mass is 79.9. The Bertz CT molecular complexity index is 1590. The van der Waals surface area contributed by atoms with Crippen molar-refractivity contribution in [1.29, 1.82) is 0 Å². The second kappa shape index (κ2) is 17.2. The zero-order valence-corrected chi connectivity index (χ0v) is 27.6. The molecule has 3 amide bonds. The molecule has 1 fully saturated rings. The third-order valence-electron chi connectivity index (χ3n) is 7.79. The van der Waals surface area contributed by atoms with Gasteiger partial charge in [-0.3, -0.25) is 14.5 Å². The van der Waals surface area contributed by atoms with Crippen molar-refractivity contribution >= 4 is 51.7 Å². The number of carbonyl (C=O) groups excluding carboxylic acids is 5. The summed E-state index contributed by atoms with van der Waals surface area (Å²) in [5.74, 6) is -5.05. The lowest BCUT2D eigenvalue weighted by Crippen LogP contribution is -2.67. The van der Waals surface area contributed by atoms with Gasteiger partial charge in [0.2, 0.25) is 5.54 Å². The number of alkyl halides is 1. The van der Waals surface area contributed by atoms with Crippen molar-refractivity contribution in [3.8, 4) is 0 Å². The molecule has 0 saturated carbocycles. The Morgan fingerprint density at radius 2 is 1.27 bits per heavy atom. The van der Waals surface area contributed by atoms with Crippen LogP contribution < -0.4 is 0 Å². The van der Waals surface area contributed by atoms with Crippen LogP contribution in [-0.2, 0) is 53.2 Å². The quantitative estimate of drug-likeness (QED) is 0.101. The van der Waals surface area contributed by atoms with E-state index in [-0.39, 0.29) is 43.0 Å². The van der Waals surface area contributed by atoms with Crippen LogP contribution in [0.15, 0.2) is 91.0 Å². The highest BCUT2D eigenvalue weighted by Gasteiger charge is 2.60. The molecule has 0 bridgehead atoms. The van der Waals surface area contributed by atoms with Gasteiger partial charge in [-0.25, -0.2) is 24.1 Å². The minimum atomic E-state index is -3.03. The molecule has 0 aliphatic carbocycles. The standard InChI is InChI=1S/C35H35BrN2O10/c36-21-28(39)18-19-35(31(41)42,32(43)46-22-25-11-4-1-5-12-25)38(34(45)48-24-27-15-8-3-9-16-27)30(40)29-17-10-20-37(29)33(44)47-23-26-13-6-2-7-14-26/h1-9,11-16,29H,10,17-24H2,(H,41,42)/t29-,35-/m0/s1. The first-order valence-corrected chi connectivity index (χ1v) is 16.3. The number of ketones is 1. The maximum Gasteiger partial charge on any atom is 0.418 e. The molecule has 1 N–H and O–H groups in total. The van der Waals surface area contributed by atoms with Crippen LogP contribution in [0, 0.1) is 0 Å². The summed E-state index contributed by atoms with van der Waals surface area (Å²) >= 11 is 3.03. The Balaban J connectivity index is 1.71. The number of carboxylic acid groups (broad SMARTS) is 1. The van der Waals surface area contributed by atoms with Crippen molar-refractivity contribution in [2.24, 2.45) is 0 Å². The normalized spacial score (nSPS) is 15.1. The van der Waals surface area contributed by atoms with Crippen LogP contribution in [0.1, 0.15) is 42.4 Å². The number of rotatable bonds is 14. The van der Waals surface area contributed by atoms with Crippen molar-refractivity contribution in [1.82, 2.24) is 9.80 Å². The van der Waals surface area contributed by atoms with E-state index in [1.807, 2.05) is 0 Å². The fourth-order valence-electron chi connectivity index (χ4n) is 5.24. The molecule has 0 spiro atoms. The number of aliphatic carboxylic acids is 1. The fourth-order valence-corrected chi connectivity index (χ4v) is 5.52. The summed E-state index contributed by atoms with van der Waals surface area (Å²) in [7, 11) is 0. The topological polar surface area (TPSA) is 157 Å². The number of hydrogen-bond acceptors (Lipinski definition) is 9. The van der Waals surface area contributed by atoms with Crippen molar-refractivity contribution in [3.05, 3.63) is 108 Å². The molecule has 12 nitrogen and oxygen atoms in total. The highest BCUT2D eigenvalue weighted by molar-refractivity contribution is 9.09. The third-order valence-corrected chi connectivity index (χ3v) is 8.41. The number of esters is 1. The molecule has 3 aromatic rings. The van der Waals surface area contributed by atoms with E-state index in [1.165, 1.54) is 0 Å². The predicted octanol–water partition coefficient (Wildman–Crippen LogP) is 5.26. The summed E-state index contributed by atoms with van der Waals surface area (Å²) in [4.78, 5) is 82.6. The lowest BCUT2D eigenvalue weighted by molar-refractivity contribution is -0.177. The maximum absolute atomic E-state index is 14.4. The molecule has 13 heteroatoms. The number of benzene rings is 3. The van der Waals surface area contributed by atoms with E-state index in [1.54, 1.807) is 91.0 Å². The van der Waals surface area contributed by atoms with Crippen LogP contribution >= 0.6 is 15.9 Å². The van der Waals surface area contributed by atoms with Gasteiger partial charge in [0.15, 0.2) is 0 Å². The number of amides is 3. The van der Waals surface area contributed by atoms with Gasteiger partial charge in [0.05, 0.1) is 5.33 Å². The van der Waals surface area contributed by atoms with E-state index < -0.39 is 60.2 Å². The molecule has 0 unspecified atom stereocenters. The number of carbonyl (C=O) groups is 6. The van der Waals surface area contributed by atoms with E-state index in [4.69, 9.17) is 14.2 Å². The number of Topliss-reactive ketones (excluding diaryl/α,β-unsaturated/α-hetero) is 1. The summed E-state index contributed by atoms with van der Waals surface area (Å²) in [6.45, 7) is -0.785. The predicted molar refractivity (Wildman–Crippen MR) is 174 cm³/mol. The van der Waals surface area contributed by atoms with Gasteiger partial charge < -0.3 is 19.3 Å². The second-order valence-corrected chi connectivity index (χ2v) is 11.6. The molecular weight excluding hydrogens is 688 g/mol. The summed E-state index contributed by atoms with van der Waals surface area (Å²) < 4.78 is 16.3. The average molecular weight is 724 g/mol. The van der Waals surface area contributed by atoms with Gasteiger partial charge in [0.25, 0.3) is 5.91 Å². The van der Waals surface area contributed by atoms with E-state index in [0.29, 0.717) is 23.1 Å². The van der Waals surface area contributed by atoms with Gasteiger partial charge in [-0.05, 0) is 36.0 Å². The Kier molecular flexibility index (Phi) is 12.8. The number of nitrogens with zero attached hydrogens (tertiary/aromatic N) is 2. The van der Waals surface area contributed by atoms with Crippen LogP contribution in [0.3, 0.4) is 0 Å². The van der Waals surface area contributed by atoms with E-state index >= 15 is 0 Å². The summed E-state index contributed by atoms with van der Waals surface area (Å²) in [6.07, 6.45) is -3.28. The highest BCUT2D eigenvalue weighted by Crippen LogP contribution is 2.31. The van der Waals surface area contributed by atoms with Gasteiger partial charge >= 0.3 is 24.1 Å². The third kappa shape index (κ3) is 8.85. The molecule has 252 valence electrons. The number of ether oxygens (including phenoxy) is 3. The van der Waals surface area contributed by atoms with E-state index in [9.17, 15) is 33.9 Å². The van der Waals surface area contributed by atoms with E-state index in [2.05, 4.69) is 15.9 Å². The van der Waals surface area contributed by atoms with Crippen LogP contribution in [0.5, 0.6) is 0 Å². The number of hydrogen-bond donors (Lipinski definition) is 1. The minimum Gasteiger partial charge on any atom is -0.479 e. The van der Waals surface area contributed by atoms with E-state index in [0.717, 1.165) is 4.90 Å². The molecule has 0 radical (unpaired) electrons. The first-order chi connectivity index (χ1) is 23.2. The SMILES string of the molecule is O=C(CBr)CC[C@](C(=O)O)(C(=O)OCc1ccccc1)N(C(=O)OCc1ccccc1)C(=O)[C@@H]1CCCN1C(=O)OCc1ccccc1. The largest absolute Gasteiger partial charge is 0.479 e. The lowest BCUT2D eigenvalue weighted by Gasteiger charge is -2.38. The first kappa shape index (κ1) is 35.8. The van der Waals surface area contributed by atoms with Gasteiger partial charge in [-0.2, -0.15) is 0 Å². The molecule has 1 aliphatic heterocycles. The van der Waals surface area contributed by atoms with Gasteiger partial charge in [-0.1, -0.05) is 107 Å². The summed E-state index contributed by atoms with van der Waals surface area (Å²) in [5.41, 5.74) is -1.30. The number of halogens is 1. The molecule has 4 rings (SSSR count). The van der Waals surface area contributed by atoms with Crippen LogP contribution in [-0.4, -0.2) is 74.2 Å². The van der Waals surface area contributed by atoms with Gasteiger partial charge in [0, 0.05) is 13.0 Å². The maximum atomic E-state index is 14.4. The molecule has 48 heavy (non-hydrogen) atoms. The molecule has 2 atom stereocenters. The van der Waals surface area contributed by atoms with Crippen molar-refractivity contribution in [3.63, 3.8) is 0 Å².